The van der Waals surface area contributed by atoms with Crippen molar-refractivity contribution >= 4 is 28.4 Å². The van der Waals surface area contributed by atoms with E-state index in [1.807, 2.05) is 39.0 Å². The van der Waals surface area contributed by atoms with Crippen molar-refractivity contribution in [2.45, 2.75) is 26.8 Å². The number of fused-ring (bicyclic) bond motifs is 1. The number of aromatic hydroxyl groups is 1. The average molecular weight is 394 g/mol. The molecule has 6 heteroatoms. The summed E-state index contributed by atoms with van der Waals surface area (Å²) in [4.78, 5) is 9.09. The Labute approximate surface area is 168 Å². The van der Waals surface area contributed by atoms with Crippen molar-refractivity contribution in [3.63, 3.8) is 0 Å². The number of phenolic OH excluding ortho intramolecular Hbond substituents is 1. The van der Waals surface area contributed by atoms with Crippen LogP contribution >= 0.6 is 11.6 Å². The van der Waals surface area contributed by atoms with Crippen LogP contribution in [0.5, 0.6) is 5.75 Å². The van der Waals surface area contributed by atoms with Gasteiger partial charge in [-0.1, -0.05) is 11.6 Å². The fraction of sp³-hybridized carbons (Fsp3) is 0.182. The van der Waals surface area contributed by atoms with E-state index in [0.29, 0.717) is 16.7 Å². The average Bonchev–Trinajstić information content (AvgIpc) is 3.03. The van der Waals surface area contributed by atoms with Crippen LogP contribution in [-0.2, 0) is 0 Å². The predicted molar refractivity (Wildman–Crippen MR) is 112 cm³/mol. The highest BCUT2D eigenvalue weighted by Crippen LogP contribution is 2.31. The Morgan fingerprint density at radius 2 is 1.89 bits per heavy atom. The van der Waals surface area contributed by atoms with Crippen LogP contribution in [0.4, 0.5) is 5.82 Å². The van der Waals surface area contributed by atoms with E-state index >= 15 is 0 Å². The molecule has 4 rings (SSSR count). The number of anilines is 1. The Balaban J connectivity index is 1.68. The highest BCUT2D eigenvalue weighted by molar-refractivity contribution is 6.31. The summed E-state index contributed by atoms with van der Waals surface area (Å²) in [5, 5.41) is 14.8. The number of benzene rings is 2. The first-order valence-corrected chi connectivity index (χ1v) is 9.37. The fourth-order valence-corrected chi connectivity index (χ4v) is 3.55. The first-order chi connectivity index (χ1) is 13.4. The summed E-state index contributed by atoms with van der Waals surface area (Å²) in [6, 6.07) is 12.7. The maximum Gasteiger partial charge on any atom is 0.134 e. The van der Waals surface area contributed by atoms with Gasteiger partial charge in [-0.3, -0.25) is 0 Å². The quantitative estimate of drug-likeness (QED) is 0.442. The molecule has 0 spiro atoms. The number of aromatic nitrogens is 2. The van der Waals surface area contributed by atoms with Crippen LogP contribution in [0.3, 0.4) is 0 Å². The second kappa shape index (κ2) is 7.17. The second-order valence-corrected chi connectivity index (χ2v) is 7.29. The van der Waals surface area contributed by atoms with Gasteiger partial charge in [0.25, 0.3) is 0 Å². The summed E-state index contributed by atoms with van der Waals surface area (Å²) in [5.74, 6) is 1.54. The van der Waals surface area contributed by atoms with Gasteiger partial charge < -0.3 is 14.8 Å². The zero-order valence-electron chi connectivity index (χ0n) is 15.8. The summed E-state index contributed by atoms with van der Waals surface area (Å²) < 4.78 is 5.53. The maximum atomic E-state index is 9.76. The molecule has 0 aliphatic rings. The molecule has 2 aromatic carbocycles. The van der Waals surface area contributed by atoms with Gasteiger partial charge in [0.1, 0.15) is 23.0 Å². The number of phenols is 1. The summed E-state index contributed by atoms with van der Waals surface area (Å²) in [5.41, 5.74) is 4.57. The minimum atomic E-state index is -0.139. The van der Waals surface area contributed by atoms with Gasteiger partial charge in [-0.15, -0.1) is 0 Å². The Morgan fingerprint density at radius 3 is 2.71 bits per heavy atom. The van der Waals surface area contributed by atoms with E-state index in [-0.39, 0.29) is 11.8 Å². The molecule has 1 atom stereocenters. The molecule has 2 heterocycles. The number of rotatable bonds is 4. The lowest BCUT2D eigenvalue weighted by atomic mass is 10.1. The fourth-order valence-electron chi connectivity index (χ4n) is 3.27. The minimum absolute atomic E-state index is 0.139. The van der Waals surface area contributed by atoms with Crippen molar-refractivity contribution in [1.29, 1.82) is 0 Å². The van der Waals surface area contributed by atoms with Crippen molar-refractivity contribution in [2.24, 2.45) is 0 Å². The second-order valence-electron chi connectivity index (χ2n) is 6.89. The molecule has 2 N–H and O–H groups in total. The molecule has 2 aromatic heterocycles. The van der Waals surface area contributed by atoms with E-state index in [2.05, 4.69) is 21.4 Å². The van der Waals surface area contributed by atoms with Crippen LogP contribution in [0.15, 0.2) is 53.1 Å². The van der Waals surface area contributed by atoms with E-state index in [9.17, 15) is 5.11 Å². The van der Waals surface area contributed by atoms with Crippen molar-refractivity contribution < 1.29 is 9.52 Å². The molecule has 0 fully saturated rings. The van der Waals surface area contributed by atoms with Gasteiger partial charge in [0.15, 0.2) is 0 Å². The maximum absolute atomic E-state index is 9.76. The normalized spacial score (nSPS) is 12.3. The molecular formula is C22H20ClN3O2. The lowest BCUT2D eigenvalue weighted by molar-refractivity contribution is 0.474. The minimum Gasteiger partial charge on any atom is -0.508 e. The molecule has 5 nitrogen and oxygen atoms in total. The number of halogens is 1. The van der Waals surface area contributed by atoms with Crippen LogP contribution in [0.25, 0.3) is 22.2 Å². The van der Waals surface area contributed by atoms with E-state index in [1.54, 1.807) is 24.5 Å². The highest BCUT2D eigenvalue weighted by Gasteiger charge is 2.13. The van der Waals surface area contributed by atoms with E-state index in [0.717, 1.165) is 33.4 Å². The van der Waals surface area contributed by atoms with Gasteiger partial charge >= 0.3 is 0 Å². The lowest BCUT2D eigenvalue weighted by Gasteiger charge is -2.17. The first kappa shape index (κ1) is 18.3. The number of nitrogens with zero attached hydrogens (tertiary/aromatic N) is 2. The molecule has 0 bridgehead atoms. The third-order valence-corrected chi connectivity index (χ3v) is 5.06. The van der Waals surface area contributed by atoms with E-state index < -0.39 is 0 Å². The third-order valence-electron chi connectivity index (χ3n) is 4.71. The summed E-state index contributed by atoms with van der Waals surface area (Å²) >= 11 is 6.28. The Bertz CT molecular complexity index is 1170. The monoisotopic (exact) mass is 393 g/mol. The SMILES string of the molecule is Cc1nc(NC(C)c2cc(O)ccc2Cl)cc(-c2ccc3occ(C)c3c2)n1. The molecule has 0 aliphatic heterocycles. The van der Waals surface area contributed by atoms with Gasteiger partial charge in [-0.25, -0.2) is 9.97 Å². The van der Waals surface area contributed by atoms with Crippen LogP contribution in [0.1, 0.15) is 29.9 Å². The largest absolute Gasteiger partial charge is 0.508 e. The van der Waals surface area contributed by atoms with Crippen molar-refractivity contribution in [2.75, 3.05) is 5.32 Å². The molecular weight excluding hydrogens is 374 g/mol. The number of nitrogens with one attached hydrogen (secondary N) is 1. The van der Waals surface area contributed by atoms with Gasteiger partial charge in [-0.2, -0.15) is 0 Å². The molecule has 0 radical (unpaired) electrons. The molecule has 28 heavy (non-hydrogen) atoms. The highest BCUT2D eigenvalue weighted by atomic mass is 35.5. The molecule has 0 aliphatic carbocycles. The van der Waals surface area contributed by atoms with Crippen LogP contribution in [0.2, 0.25) is 5.02 Å². The first-order valence-electron chi connectivity index (χ1n) is 8.99. The predicted octanol–water partition coefficient (Wildman–Crippen LogP) is 6.04. The van der Waals surface area contributed by atoms with Gasteiger partial charge in [0, 0.05) is 22.0 Å². The van der Waals surface area contributed by atoms with E-state index in [4.69, 9.17) is 16.0 Å². The van der Waals surface area contributed by atoms with Crippen LogP contribution < -0.4 is 5.32 Å². The number of furan rings is 1. The van der Waals surface area contributed by atoms with Crippen molar-refractivity contribution in [3.8, 4) is 17.0 Å². The number of hydrogen-bond donors (Lipinski definition) is 2. The van der Waals surface area contributed by atoms with E-state index in [1.165, 1.54) is 0 Å². The topological polar surface area (TPSA) is 71.2 Å². The third kappa shape index (κ3) is 3.53. The van der Waals surface area contributed by atoms with Crippen molar-refractivity contribution in [1.82, 2.24) is 9.97 Å². The number of hydrogen-bond acceptors (Lipinski definition) is 5. The summed E-state index contributed by atoms with van der Waals surface area (Å²) in [6.45, 7) is 5.86. The van der Waals surface area contributed by atoms with Crippen LogP contribution in [0, 0.1) is 13.8 Å². The van der Waals surface area contributed by atoms with Gasteiger partial charge in [-0.05, 0) is 68.3 Å². The molecule has 142 valence electrons. The van der Waals surface area contributed by atoms with Gasteiger partial charge in [0.05, 0.1) is 18.0 Å². The van der Waals surface area contributed by atoms with Crippen LogP contribution in [-0.4, -0.2) is 15.1 Å². The summed E-state index contributed by atoms with van der Waals surface area (Å²) in [6.07, 6.45) is 1.76. The Hall–Kier alpha value is -3.05. The Kier molecular flexibility index (Phi) is 4.69. The molecule has 1 unspecified atom stereocenters. The standard InChI is InChI=1S/C22H20ClN3O2/c1-12-11-28-21-7-4-15(8-17(12)21)20-10-22(26-14(3)25-20)24-13(2)18-9-16(27)5-6-19(18)23/h4-11,13,27H,1-3H3,(H,24,25,26). The zero-order valence-corrected chi connectivity index (χ0v) is 16.6. The molecule has 0 saturated carbocycles. The molecule has 0 amide bonds. The molecule has 0 saturated heterocycles. The van der Waals surface area contributed by atoms with Gasteiger partial charge in [0.2, 0.25) is 0 Å². The Morgan fingerprint density at radius 1 is 1.07 bits per heavy atom. The summed E-state index contributed by atoms with van der Waals surface area (Å²) in [7, 11) is 0. The smallest absolute Gasteiger partial charge is 0.134 e. The number of aryl methyl sites for hydroxylation is 2. The molecule has 4 aromatic rings. The van der Waals surface area contributed by atoms with Crippen molar-refractivity contribution in [3.05, 3.63) is 70.7 Å². The zero-order chi connectivity index (χ0) is 19.8. The lowest BCUT2D eigenvalue weighted by Crippen LogP contribution is -2.09.